The number of nitrogens with zero attached hydrogens (tertiary/aromatic N) is 2. The SMILES string of the molecule is CC(C)(C)c1ccc(N2B3c4cc5oc(-c6ccccc6)c(-c6ccccc6)c5cc4N(c4ccc(C(C)(C)C)cc4-c4ccccc4)c4cc5c(oc6ccccc65)c(c43)-c3cc4c(cc32)C(C)(C)c2ccccc2-4)cc1. The summed E-state index contributed by atoms with van der Waals surface area (Å²) in [7, 11) is 0. The molecule has 0 saturated carbocycles. The molecule has 4 nitrogen and oxygen atoms in total. The molecule has 0 spiro atoms. The normalized spacial score (nSPS) is 14.2. The largest absolute Gasteiger partial charge is 0.455 e. The van der Waals surface area contributed by atoms with Crippen molar-refractivity contribution < 1.29 is 8.83 Å². The topological polar surface area (TPSA) is 32.8 Å². The zero-order valence-corrected chi connectivity index (χ0v) is 45.5. The van der Waals surface area contributed by atoms with Gasteiger partial charge in [-0.05, 0) is 127 Å². The van der Waals surface area contributed by atoms with Gasteiger partial charge in [-0.15, -0.1) is 0 Å². The Morgan fingerprint density at radius 2 is 1.04 bits per heavy atom. The van der Waals surface area contributed by atoms with Gasteiger partial charge >= 0.3 is 6.85 Å². The van der Waals surface area contributed by atoms with Crippen molar-refractivity contribution in [2.24, 2.45) is 0 Å². The van der Waals surface area contributed by atoms with Crippen LogP contribution in [-0.4, -0.2) is 6.85 Å². The Balaban J connectivity index is 1.14. The molecule has 1 aliphatic carbocycles. The second-order valence-electron chi connectivity index (χ2n) is 24.4. The molecule has 0 amide bonds. The van der Waals surface area contributed by atoms with Crippen LogP contribution in [-0.2, 0) is 16.2 Å². The number of rotatable bonds is 5. The van der Waals surface area contributed by atoms with E-state index in [1.807, 2.05) is 0 Å². The fourth-order valence-electron chi connectivity index (χ4n) is 13.4. The first-order valence-electron chi connectivity index (χ1n) is 27.6. The number of para-hydroxylation sites is 1. The Bertz CT molecular complexity index is 4420. The summed E-state index contributed by atoms with van der Waals surface area (Å²) in [5.41, 5.74) is 25.8. The van der Waals surface area contributed by atoms with E-state index in [2.05, 4.69) is 277 Å². The van der Waals surface area contributed by atoms with Crippen molar-refractivity contribution in [3.63, 3.8) is 0 Å². The Labute approximate surface area is 457 Å². The average Bonchev–Trinajstić information content (AvgIpc) is 3.98. The van der Waals surface area contributed by atoms with Crippen molar-refractivity contribution in [1.29, 1.82) is 0 Å². The predicted octanol–water partition coefficient (Wildman–Crippen LogP) is 18.9. The number of hydrogen-bond acceptors (Lipinski definition) is 4. The minimum absolute atomic E-state index is 0.0314. The Morgan fingerprint density at radius 3 is 1.76 bits per heavy atom. The molecule has 376 valence electrons. The monoisotopic (exact) mass is 1010 g/mol. The zero-order chi connectivity index (χ0) is 53.0. The van der Waals surface area contributed by atoms with E-state index in [4.69, 9.17) is 8.83 Å². The molecule has 0 saturated heterocycles. The fourth-order valence-corrected chi connectivity index (χ4v) is 13.4. The first-order valence-corrected chi connectivity index (χ1v) is 27.6. The number of anilines is 5. The maximum atomic E-state index is 7.36. The van der Waals surface area contributed by atoms with Gasteiger partial charge in [-0.3, -0.25) is 0 Å². The molecule has 0 bridgehead atoms. The van der Waals surface area contributed by atoms with Crippen molar-refractivity contribution in [2.75, 3.05) is 9.71 Å². The van der Waals surface area contributed by atoms with Gasteiger partial charge in [0, 0.05) is 72.1 Å². The summed E-state index contributed by atoms with van der Waals surface area (Å²) < 4.78 is 14.7. The summed E-state index contributed by atoms with van der Waals surface area (Å²) in [6, 6.07) is 78.9. The van der Waals surface area contributed by atoms with E-state index in [9.17, 15) is 0 Å². The molecule has 0 fully saturated rings. The Hall–Kier alpha value is -8.80. The molecule has 2 aromatic heterocycles. The molecular weight excluding hydrogens is 948 g/mol. The van der Waals surface area contributed by atoms with Gasteiger partial charge in [0.05, 0.1) is 5.69 Å². The smallest absolute Gasteiger partial charge is 0.333 e. The van der Waals surface area contributed by atoms with Crippen LogP contribution in [0.25, 0.3) is 88.7 Å². The number of fused-ring (bicyclic) bond motifs is 12. The van der Waals surface area contributed by atoms with Crippen molar-refractivity contribution in [3.05, 3.63) is 235 Å². The second kappa shape index (κ2) is 16.6. The van der Waals surface area contributed by atoms with Gasteiger partial charge in [0.2, 0.25) is 0 Å². The van der Waals surface area contributed by atoms with E-state index < -0.39 is 0 Å². The lowest BCUT2D eigenvalue weighted by Crippen LogP contribution is -2.61. The molecule has 15 rings (SSSR count). The Morgan fingerprint density at radius 1 is 0.410 bits per heavy atom. The zero-order valence-electron chi connectivity index (χ0n) is 45.5. The third kappa shape index (κ3) is 6.80. The lowest BCUT2D eigenvalue weighted by molar-refractivity contribution is 0.590. The summed E-state index contributed by atoms with van der Waals surface area (Å²) in [4.78, 5) is 5.26. The summed E-state index contributed by atoms with van der Waals surface area (Å²) in [6.45, 7) is 18.3. The van der Waals surface area contributed by atoms with E-state index in [1.54, 1.807) is 0 Å². The number of benzene rings is 10. The standard InChI is InChI=1S/C73H59BN2O2/c1-71(2,3)47-32-35-49(36-33-47)76-61-42-58-53(50-28-18-20-30-57(50)73(58,7)8)39-55(61)67-68-63(40-54-51-29-19-21-31-64(51)77-70(54)67)75(60-37-34-48(72(4,5)6)38-52(60)44-22-12-9-13-23-44)62-41-56-65(43-59(62)74(68)76)78-69(46-26-16-11-17-27-46)66(56)45-24-14-10-15-25-45/h9-43H,1-8H3. The highest BCUT2D eigenvalue weighted by molar-refractivity contribution is 6.94. The van der Waals surface area contributed by atoms with Gasteiger partial charge < -0.3 is 18.5 Å². The molecule has 0 atom stereocenters. The van der Waals surface area contributed by atoms with Crippen molar-refractivity contribution in [3.8, 4) is 55.8 Å². The van der Waals surface area contributed by atoms with Crippen molar-refractivity contribution >= 4 is 79.1 Å². The van der Waals surface area contributed by atoms with Crippen LogP contribution in [0.3, 0.4) is 0 Å². The first kappa shape index (κ1) is 46.5. The summed E-state index contributed by atoms with van der Waals surface area (Å²) >= 11 is 0. The molecule has 5 heteroatoms. The summed E-state index contributed by atoms with van der Waals surface area (Å²) in [6.07, 6.45) is 0. The lowest BCUT2D eigenvalue weighted by Gasteiger charge is -2.46. The molecule has 10 aromatic carbocycles. The molecule has 2 aliphatic heterocycles. The van der Waals surface area contributed by atoms with E-state index in [0.29, 0.717) is 0 Å². The van der Waals surface area contributed by atoms with Crippen LogP contribution in [0.15, 0.2) is 221 Å². The molecule has 0 radical (unpaired) electrons. The average molecular weight is 1010 g/mol. The third-order valence-corrected chi connectivity index (χ3v) is 17.4. The first-order chi connectivity index (χ1) is 37.7. The minimum atomic E-state index is -0.319. The van der Waals surface area contributed by atoms with Gasteiger partial charge in [-0.2, -0.15) is 0 Å². The van der Waals surface area contributed by atoms with Crippen molar-refractivity contribution in [1.82, 2.24) is 0 Å². The minimum Gasteiger partial charge on any atom is -0.455 e. The van der Waals surface area contributed by atoms with Gasteiger partial charge in [0.1, 0.15) is 22.5 Å². The van der Waals surface area contributed by atoms with E-state index in [-0.39, 0.29) is 23.1 Å². The highest BCUT2D eigenvalue weighted by Crippen LogP contribution is 2.57. The molecule has 12 aromatic rings. The van der Waals surface area contributed by atoms with E-state index in [0.717, 1.165) is 106 Å². The van der Waals surface area contributed by atoms with Crippen molar-refractivity contribution in [2.45, 2.75) is 71.6 Å². The van der Waals surface area contributed by atoms with Crippen LogP contribution >= 0.6 is 0 Å². The number of hydrogen-bond donors (Lipinski definition) is 0. The van der Waals surface area contributed by atoms with Gasteiger partial charge in [0.25, 0.3) is 0 Å². The van der Waals surface area contributed by atoms with Gasteiger partial charge in [-0.25, -0.2) is 0 Å². The molecule has 0 unspecified atom stereocenters. The highest BCUT2D eigenvalue weighted by atomic mass is 16.3. The van der Waals surface area contributed by atoms with Gasteiger partial charge in [-0.1, -0.05) is 207 Å². The lowest BCUT2D eigenvalue weighted by atomic mass is 9.43. The second-order valence-corrected chi connectivity index (χ2v) is 24.4. The molecular formula is C73H59BN2O2. The fraction of sp³-hybridized carbons (Fsp3) is 0.151. The molecule has 78 heavy (non-hydrogen) atoms. The molecule has 0 N–H and O–H groups in total. The third-order valence-electron chi connectivity index (χ3n) is 17.4. The molecule has 3 aliphatic rings. The van der Waals surface area contributed by atoms with Crippen LogP contribution in [0.2, 0.25) is 0 Å². The highest BCUT2D eigenvalue weighted by Gasteiger charge is 2.49. The number of furan rings is 2. The Kier molecular flexibility index (Phi) is 9.90. The maximum Gasteiger partial charge on any atom is 0.333 e. The van der Waals surface area contributed by atoms with Crippen LogP contribution in [0.4, 0.5) is 28.4 Å². The van der Waals surface area contributed by atoms with Crippen LogP contribution in [0.1, 0.15) is 77.6 Å². The van der Waals surface area contributed by atoms with Crippen LogP contribution in [0, 0.1) is 0 Å². The van der Waals surface area contributed by atoms with Gasteiger partial charge in [0.15, 0.2) is 0 Å². The quantitative estimate of drug-likeness (QED) is 0.161. The summed E-state index contributed by atoms with van der Waals surface area (Å²) in [5.74, 6) is 0.855. The van der Waals surface area contributed by atoms with Crippen LogP contribution < -0.4 is 20.6 Å². The summed E-state index contributed by atoms with van der Waals surface area (Å²) in [5, 5.41) is 3.25. The maximum absolute atomic E-state index is 7.36. The van der Waals surface area contributed by atoms with E-state index in [1.165, 1.54) is 44.4 Å². The molecule has 4 heterocycles. The van der Waals surface area contributed by atoms with Crippen LogP contribution in [0.5, 0.6) is 0 Å². The predicted molar refractivity (Wildman–Crippen MR) is 328 cm³/mol. The van der Waals surface area contributed by atoms with E-state index >= 15 is 0 Å².